The Morgan fingerprint density at radius 1 is 1.88 bits per heavy atom. The van der Waals surface area contributed by atoms with Crippen molar-refractivity contribution in [3.8, 4) is 0 Å². The van der Waals surface area contributed by atoms with Gasteiger partial charge in [0.15, 0.2) is 0 Å². The van der Waals surface area contributed by atoms with E-state index in [1.54, 1.807) is 6.26 Å². The van der Waals surface area contributed by atoms with Gasteiger partial charge in [0.25, 0.3) is 0 Å². The number of hydrogen-bond donors (Lipinski definition) is 2. The molecule has 0 amide bonds. The Morgan fingerprint density at radius 3 is 2.50 bits per heavy atom. The molecule has 0 fully saturated rings. The van der Waals surface area contributed by atoms with Crippen LogP contribution in [0.5, 0.6) is 0 Å². The van der Waals surface area contributed by atoms with Crippen molar-refractivity contribution < 1.29 is 9.32 Å². The van der Waals surface area contributed by atoms with Crippen molar-refractivity contribution in [2.75, 3.05) is 18.6 Å². The zero-order chi connectivity index (χ0) is 6.57. The summed E-state index contributed by atoms with van der Waals surface area (Å²) in [4.78, 5) is 0. The molecule has 0 saturated carbocycles. The molecule has 0 aromatic rings. The molecule has 1 unspecified atom stereocenters. The van der Waals surface area contributed by atoms with E-state index in [1.807, 2.05) is 0 Å². The molecule has 0 aliphatic carbocycles. The summed E-state index contributed by atoms with van der Waals surface area (Å²) in [6, 6.07) is 0. The number of nitrogens with two attached hydrogens (primary N) is 1. The van der Waals surface area contributed by atoms with Crippen LogP contribution in [0, 0.1) is 0 Å². The fourth-order valence-electron chi connectivity index (χ4n) is 0.339. The monoisotopic (exact) mass is 137 g/mol. The molecule has 0 bridgehead atoms. The molecular formula is C4H11NO2S. The molecule has 0 spiro atoms. The molecule has 4 heteroatoms. The van der Waals surface area contributed by atoms with Crippen LogP contribution in [-0.2, 0) is 10.8 Å². The summed E-state index contributed by atoms with van der Waals surface area (Å²) in [6.45, 7) is 0.194. The topological polar surface area (TPSA) is 63.3 Å². The predicted molar refractivity (Wildman–Crippen MR) is 34.0 cm³/mol. The summed E-state index contributed by atoms with van der Waals surface area (Å²) in [5, 5.41) is 8.71. The predicted octanol–water partition coefficient (Wildman–Crippen LogP) is -1.32. The molecule has 0 saturated heterocycles. The van der Waals surface area contributed by atoms with E-state index in [9.17, 15) is 4.21 Å². The van der Waals surface area contributed by atoms with Crippen molar-refractivity contribution in [3.05, 3.63) is 0 Å². The molecule has 3 nitrogen and oxygen atoms in total. The van der Waals surface area contributed by atoms with Gasteiger partial charge in [-0.15, -0.1) is 0 Å². The third-order valence-electron chi connectivity index (χ3n) is 0.699. The molecular weight excluding hydrogens is 126 g/mol. The van der Waals surface area contributed by atoms with Gasteiger partial charge in [0.1, 0.15) is 0 Å². The van der Waals surface area contributed by atoms with Gasteiger partial charge in [-0.1, -0.05) is 0 Å². The summed E-state index contributed by atoms with van der Waals surface area (Å²) in [5.41, 5.74) is 5.04. The molecule has 0 rings (SSSR count). The lowest BCUT2D eigenvalue weighted by Crippen LogP contribution is -2.25. The molecule has 0 aliphatic heterocycles. The Hall–Kier alpha value is 0.0700. The molecule has 0 radical (unpaired) electrons. The van der Waals surface area contributed by atoms with Crippen LogP contribution >= 0.6 is 0 Å². The zero-order valence-corrected chi connectivity index (χ0v) is 5.65. The summed E-state index contributed by atoms with van der Waals surface area (Å²) in [7, 11) is -0.926. The lowest BCUT2D eigenvalue weighted by molar-refractivity contribution is 0.207. The molecule has 0 aliphatic rings. The fraction of sp³-hybridized carbons (Fsp3) is 1.00. The maximum Gasteiger partial charge on any atom is 0.0777 e. The molecule has 8 heavy (non-hydrogen) atoms. The van der Waals surface area contributed by atoms with Crippen LogP contribution in [0.15, 0.2) is 0 Å². The molecule has 50 valence electrons. The minimum absolute atomic E-state index is 0.194. The average molecular weight is 137 g/mol. The Morgan fingerprint density at radius 2 is 2.38 bits per heavy atom. The number of aliphatic hydroxyl groups excluding tert-OH is 1. The van der Waals surface area contributed by atoms with Gasteiger partial charge in [-0.3, -0.25) is 4.21 Å². The van der Waals surface area contributed by atoms with Gasteiger partial charge in [0, 0.05) is 23.6 Å². The minimum atomic E-state index is -0.926. The third kappa shape index (κ3) is 4.23. The van der Waals surface area contributed by atoms with E-state index >= 15 is 0 Å². The second-order valence-electron chi connectivity index (χ2n) is 1.63. The molecule has 3 N–H and O–H groups in total. The summed E-state index contributed by atoms with van der Waals surface area (Å²) in [6.07, 6.45) is 0.944. The first kappa shape index (κ1) is 8.07. The van der Waals surface area contributed by atoms with E-state index in [1.165, 1.54) is 0 Å². The molecule has 0 heterocycles. The molecule has 0 aromatic carbocycles. The lowest BCUT2D eigenvalue weighted by atomic mass is 10.4. The SMILES string of the molecule is CS(=O)C[C@H](O)CN. The van der Waals surface area contributed by atoms with Crippen LogP contribution in [0.4, 0.5) is 0 Å². The van der Waals surface area contributed by atoms with E-state index in [0.717, 1.165) is 0 Å². The largest absolute Gasteiger partial charge is 0.391 e. The summed E-state index contributed by atoms with van der Waals surface area (Å²) in [5.74, 6) is 0.288. The highest BCUT2D eigenvalue weighted by molar-refractivity contribution is 7.84. The first-order valence-corrected chi connectivity index (χ1v) is 4.07. The van der Waals surface area contributed by atoms with Gasteiger partial charge in [-0.05, 0) is 0 Å². The average Bonchev–Trinajstić information content (AvgIpc) is 1.65. The van der Waals surface area contributed by atoms with Crippen molar-refractivity contribution in [1.29, 1.82) is 0 Å². The van der Waals surface area contributed by atoms with Crippen molar-refractivity contribution >= 4 is 10.8 Å². The zero-order valence-electron chi connectivity index (χ0n) is 4.83. The van der Waals surface area contributed by atoms with Crippen LogP contribution in [-0.4, -0.2) is 34.0 Å². The quantitative estimate of drug-likeness (QED) is 0.507. The fourth-order valence-corrected chi connectivity index (χ4v) is 1.02. The van der Waals surface area contributed by atoms with Gasteiger partial charge < -0.3 is 10.8 Å². The number of hydrogen-bond acceptors (Lipinski definition) is 3. The normalized spacial score (nSPS) is 17.9. The van der Waals surface area contributed by atoms with Gasteiger partial charge in [-0.2, -0.15) is 0 Å². The van der Waals surface area contributed by atoms with Crippen LogP contribution in [0.25, 0.3) is 0 Å². The van der Waals surface area contributed by atoms with Crippen molar-refractivity contribution in [2.24, 2.45) is 5.73 Å². The van der Waals surface area contributed by atoms with Gasteiger partial charge in [-0.25, -0.2) is 0 Å². The Kier molecular flexibility index (Phi) is 4.03. The first-order valence-electron chi connectivity index (χ1n) is 2.35. The Bertz CT molecular complexity index is 86.1. The standard InChI is InChI=1S/C4H11NO2S/c1-8(7)3-4(6)2-5/h4,6H,2-3,5H2,1H3/t4-,8?/m1/s1. The third-order valence-corrected chi connectivity index (χ3v) is 1.55. The van der Waals surface area contributed by atoms with Gasteiger partial charge in [0.2, 0.25) is 0 Å². The van der Waals surface area contributed by atoms with Crippen molar-refractivity contribution in [3.63, 3.8) is 0 Å². The summed E-state index contributed by atoms with van der Waals surface area (Å²) < 4.78 is 10.3. The maximum absolute atomic E-state index is 10.3. The Balaban J connectivity index is 3.24. The van der Waals surface area contributed by atoms with Crippen LogP contribution in [0.1, 0.15) is 0 Å². The van der Waals surface area contributed by atoms with Gasteiger partial charge in [0.05, 0.1) is 11.9 Å². The van der Waals surface area contributed by atoms with Crippen molar-refractivity contribution in [2.45, 2.75) is 6.10 Å². The second kappa shape index (κ2) is 4.00. The summed E-state index contributed by atoms with van der Waals surface area (Å²) >= 11 is 0. The number of aliphatic hydroxyl groups is 1. The van der Waals surface area contributed by atoms with E-state index in [-0.39, 0.29) is 12.3 Å². The lowest BCUT2D eigenvalue weighted by Gasteiger charge is -2.02. The van der Waals surface area contributed by atoms with Crippen LogP contribution in [0.3, 0.4) is 0 Å². The minimum Gasteiger partial charge on any atom is -0.391 e. The smallest absolute Gasteiger partial charge is 0.0777 e. The Labute approximate surface area is 51.3 Å². The maximum atomic E-state index is 10.3. The molecule has 0 aromatic heterocycles. The van der Waals surface area contributed by atoms with Gasteiger partial charge >= 0.3 is 0 Å². The highest BCUT2D eigenvalue weighted by Gasteiger charge is 2.01. The van der Waals surface area contributed by atoms with E-state index in [4.69, 9.17) is 10.8 Å². The molecule has 2 atom stereocenters. The van der Waals surface area contributed by atoms with Crippen LogP contribution < -0.4 is 5.73 Å². The number of rotatable bonds is 3. The van der Waals surface area contributed by atoms with E-state index < -0.39 is 16.9 Å². The van der Waals surface area contributed by atoms with Crippen molar-refractivity contribution in [1.82, 2.24) is 0 Å². The first-order chi connectivity index (χ1) is 3.66. The second-order valence-corrected chi connectivity index (χ2v) is 3.11. The highest BCUT2D eigenvalue weighted by atomic mass is 32.2. The van der Waals surface area contributed by atoms with E-state index in [0.29, 0.717) is 0 Å². The van der Waals surface area contributed by atoms with E-state index in [2.05, 4.69) is 0 Å². The highest BCUT2D eigenvalue weighted by Crippen LogP contribution is 1.81. The van der Waals surface area contributed by atoms with Crippen LogP contribution in [0.2, 0.25) is 0 Å².